The molecule has 0 aliphatic rings. The summed E-state index contributed by atoms with van der Waals surface area (Å²) in [4.78, 5) is 4.44. The smallest absolute Gasteiger partial charge is 0.195 e. The van der Waals surface area contributed by atoms with Crippen molar-refractivity contribution >= 4 is 23.6 Å². The number of aromatic nitrogens is 4. The van der Waals surface area contributed by atoms with Gasteiger partial charge in [0.15, 0.2) is 4.77 Å². The molecular weight excluding hydrogens is 240 g/mol. The van der Waals surface area contributed by atoms with Crippen LogP contribution < -0.4 is 0 Å². The Morgan fingerprint density at radius 3 is 2.88 bits per heavy atom. The van der Waals surface area contributed by atoms with Crippen LogP contribution in [0.5, 0.6) is 0 Å². The van der Waals surface area contributed by atoms with E-state index < -0.39 is 0 Å². The van der Waals surface area contributed by atoms with Crippen LogP contribution in [0.3, 0.4) is 0 Å². The Morgan fingerprint density at radius 2 is 2.31 bits per heavy atom. The molecule has 2 aromatic heterocycles. The maximum absolute atomic E-state index is 5.22. The number of thiazole rings is 1. The molecule has 2 heterocycles. The fraction of sp³-hybridized carbons (Fsp3) is 0.500. The number of nitrogens with one attached hydrogen (secondary N) is 1. The van der Waals surface area contributed by atoms with Gasteiger partial charge in [0.25, 0.3) is 0 Å². The molecule has 0 spiro atoms. The van der Waals surface area contributed by atoms with E-state index in [1.165, 1.54) is 0 Å². The van der Waals surface area contributed by atoms with Crippen molar-refractivity contribution in [1.29, 1.82) is 0 Å². The zero-order valence-electron chi connectivity index (χ0n) is 9.52. The van der Waals surface area contributed by atoms with E-state index in [4.69, 9.17) is 12.2 Å². The molecule has 1 N–H and O–H groups in total. The fourth-order valence-electron chi connectivity index (χ4n) is 1.53. The van der Waals surface area contributed by atoms with Crippen LogP contribution in [-0.4, -0.2) is 19.7 Å². The highest BCUT2D eigenvalue weighted by Gasteiger charge is 2.11. The van der Waals surface area contributed by atoms with Gasteiger partial charge in [-0.3, -0.25) is 9.67 Å². The molecule has 0 bridgehead atoms. The van der Waals surface area contributed by atoms with Crippen molar-refractivity contribution in [3.63, 3.8) is 0 Å². The van der Waals surface area contributed by atoms with Gasteiger partial charge in [-0.2, -0.15) is 5.10 Å². The van der Waals surface area contributed by atoms with Crippen LogP contribution in [0.1, 0.15) is 36.3 Å². The first kappa shape index (κ1) is 11.5. The molecule has 0 unspecified atom stereocenters. The second kappa shape index (κ2) is 4.47. The summed E-state index contributed by atoms with van der Waals surface area (Å²) < 4.78 is 2.68. The predicted octanol–water partition coefficient (Wildman–Crippen LogP) is 2.88. The highest BCUT2D eigenvalue weighted by molar-refractivity contribution is 7.71. The van der Waals surface area contributed by atoms with Gasteiger partial charge < -0.3 is 0 Å². The molecule has 0 fully saturated rings. The van der Waals surface area contributed by atoms with Gasteiger partial charge in [0.05, 0.1) is 6.54 Å². The molecule has 0 saturated heterocycles. The predicted molar refractivity (Wildman–Crippen MR) is 67.5 cm³/mol. The van der Waals surface area contributed by atoms with Crippen LogP contribution in [0.25, 0.3) is 0 Å². The molecule has 16 heavy (non-hydrogen) atoms. The molecule has 6 heteroatoms. The van der Waals surface area contributed by atoms with Gasteiger partial charge in [0, 0.05) is 17.0 Å². The summed E-state index contributed by atoms with van der Waals surface area (Å²) in [5.41, 5.74) is 1.06. The lowest BCUT2D eigenvalue weighted by atomic mass is 10.2. The topological polar surface area (TPSA) is 46.5 Å². The largest absolute Gasteiger partial charge is 0.297 e. The Bertz CT molecular complexity index is 535. The minimum atomic E-state index is 0.356. The third-order valence-corrected chi connectivity index (χ3v) is 3.53. The van der Waals surface area contributed by atoms with E-state index >= 15 is 0 Å². The summed E-state index contributed by atoms with van der Waals surface area (Å²) in [5, 5.41) is 10.2. The maximum Gasteiger partial charge on any atom is 0.195 e. The van der Waals surface area contributed by atoms with Crippen molar-refractivity contribution < 1.29 is 0 Å². The van der Waals surface area contributed by atoms with Crippen molar-refractivity contribution in [2.75, 3.05) is 0 Å². The lowest BCUT2D eigenvalue weighted by Gasteiger charge is -2.06. The van der Waals surface area contributed by atoms with Crippen LogP contribution in [-0.2, 0) is 6.54 Å². The Hall–Kier alpha value is -1.01. The second-order valence-electron chi connectivity index (χ2n) is 4.01. The van der Waals surface area contributed by atoms with Crippen LogP contribution in [0, 0.1) is 11.7 Å². The van der Waals surface area contributed by atoms with Crippen molar-refractivity contribution in [3.8, 4) is 0 Å². The standard InChI is InChI=1S/C10H14N4S2/c1-6(2)9-12-13-10(15)14(9)4-8-11-7(3)5-16-8/h5-6H,4H2,1-3H3,(H,13,15). The van der Waals surface area contributed by atoms with Gasteiger partial charge in [-0.05, 0) is 19.1 Å². The number of H-pyrrole nitrogens is 1. The summed E-state index contributed by atoms with van der Waals surface area (Å²) in [5.74, 6) is 1.34. The number of hydrogen-bond donors (Lipinski definition) is 1. The van der Waals surface area contributed by atoms with Crippen LogP contribution in [0.2, 0.25) is 0 Å². The minimum Gasteiger partial charge on any atom is -0.297 e. The molecule has 0 aliphatic heterocycles. The van der Waals surface area contributed by atoms with Gasteiger partial charge in [0.2, 0.25) is 0 Å². The van der Waals surface area contributed by atoms with Gasteiger partial charge >= 0.3 is 0 Å². The average molecular weight is 254 g/mol. The van der Waals surface area contributed by atoms with E-state index in [9.17, 15) is 0 Å². The summed E-state index contributed by atoms with van der Waals surface area (Å²) in [6.45, 7) is 6.92. The molecule has 4 nitrogen and oxygen atoms in total. The SMILES string of the molecule is Cc1csc(Cn2c(C(C)C)n[nH]c2=S)n1. The number of nitrogens with zero attached hydrogens (tertiary/aromatic N) is 3. The minimum absolute atomic E-state index is 0.356. The maximum atomic E-state index is 5.22. The van der Waals surface area contributed by atoms with E-state index in [1.807, 2.05) is 16.9 Å². The van der Waals surface area contributed by atoms with E-state index in [0.29, 0.717) is 17.2 Å². The van der Waals surface area contributed by atoms with E-state index in [-0.39, 0.29) is 0 Å². The summed E-state index contributed by atoms with van der Waals surface area (Å²) in [7, 11) is 0. The zero-order valence-corrected chi connectivity index (χ0v) is 11.2. The molecule has 0 saturated carbocycles. The second-order valence-corrected chi connectivity index (χ2v) is 5.34. The van der Waals surface area contributed by atoms with Gasteiger partial charge in [-0.25, -0.2) is 4.98 Å². The highest BCUT2D eigenvalue weighted by Crippen LogP contribution is 2.16. The first-order valence-electron chi connectivity index (χ1n) is 5.14. The molecule has 0 amide bonds. The van der Waals surface area contributed by atoms with E-state index in [2.05, 4.69) is 29.0 Å². The first-order valence-corrected chi connectivity index (χ1v) is 6.43. The zero-order chi connectivity index (χ0) is 11.7. The number of aryl methyl sites for hydroxylation is 1. The number of aromatic amines is 1. The molecule has 2 aromatic rings. The molecule has 0 radical (unpaired) electrons. The van der Waals surface area contributed by atoms with Crippen LogP contribution in [0.4, 0.5) is 0 Å². The summed E-state index contributed by atoms with van der Waals surface area (Å²) in [6, 6.07) is 0. The Kier molecular flexibility index (Phi) is 3.20. The quantitative estimate of drug-likeness (QED) is 0.857. The third kappa shape index (κ3) is 2.22. The van der Waals surface area contributed by atoms with Crippen molar-refractivity contribution in [2.45, 2.75) is 33.2 Å². The average Bonchev–Trinajstić information content (AvgIpc) is 2.76. The van der Waals surface area contributed by atoms with Crippen molar-refractivity contribution in [1.82, 2.24) is 19.7 Å². The lowest BCUT2D eigenvalue weighted by molar-refractivity contribution is 0.662. The number of rotatable bonds is 3. The van der Waals surface area contributed by atoms with E-state index in [0.717, 1.165) is 16.5 Å². The molecular formula is C10H14N4S2. The van der Waals surface area contributed by atoms with Crippen molar-refractivity contribution in [2.24, 2.45) is 0 Å². The van der Waals surface area contributed by atoms with Crippen molar-refractivity contribution in [3.05, 3.63) is 26.7 Å². The highest BCUT2D eigenvalue weighted by atomic mass is 32.1. The van der Waals surface area contributed by atoms with Gasteiger partial charge in [-0.1, -0.05) is 13.8 Å². The first-order chi connectivity index (χ1) is 7.58. The molecule has 0 atom stereocenters. The number of hydrogen-bond acceptors (Lipinski definition) is 4. The Balaban J connectivity index is 2.33. The third-order valence-electron chi connectivity index (χ3n) is 2.26. The monoisotopic (exact) mass is 254 g/mol. The van der Waals surface area contributed by atoms with Gasteiger partial charge in [0.1, 0.15) is 10.8 Å². The normalized spacial score (nSPS) is 11.2. The molecule has 86 valence electrons. The van der Waals surface area contributed by atoms with E-state index in [1.54, 1.807) is 11.3 Å². The summed E-state index contributed by atoms with van der Waals surface area (Å²) >= 11 is 6.88. The van der Waals surface area contributed by atoms with Crippen LogP contribution >= 0.6 is 23.6 Å². The lowest BCUT2D eigenvalue weighted by Crippen LogP contribution is -2.06. The Morgan fingerprint density at radius 1 is 1.56 bits per heavy atom. The molecule has 2 rings (SSSR count). The van der Waals surface area contributed by atoms with Crippen LogP contribution in [0.15, 0.2) is 5.38 Å². The Labute approximate surface area is 103 Å². The molecule has 0 aliphatic carbocycles. The van der Waals surface area contributed by atoms with Gasteiger partial charge in [-0.15, -0.1) is 11.3 Å². The summed E-state index contributed by atoms with van der Waals surface area (Å²) in [6.07, 6.45) is 0. The fourth-order valence-corrected chi connectivity index (χ4v) is 2.50. The molecule has 0 aromatic carbocycles.